The first-order chi connectivity index (χ1) is 7.15. The molecule has 0 bridgehead atoms. The third-order valence-corrected chi connectivity index (χ3v) is 2.10. The number of anilines is 1. The predicted molar refractivity (Wildman–Crippen MR) is 64.5 cm³/mol. The van der Waals surface area contributed by atoms with Gasteiger partial charge in [0.1, 0.15) is 5.75 Å². The topological polar surface area (TPSA) is 38.5 Å². The van der Waals surface area contributed by atoms with Gasteiger partial charge >= 0.3 is 0 Å². The van der Waals surface area contributed by atoms with Crippen LogP contribution in [0.4, 0.5) is 5.69 Å². The second-order valence-electron chi connectivity index (χ2n) is 3.84. The van der Waals surface area contributed by atoms with E-state index in [4.69, 9.17) is 10.5 Å². The largest absolute Gasteiger partial charge is 0.489 e. The fourth-order valence-corrected chi connectivity index (χ4v) is 1.44. The highest BCUT2D eigenvalue weighted by atomic mass is 16.5. The smallest absolute Gasteiger partial charge is 0.142 e. The molecule has 0 fully saturated rings. The lowest BCUT2D eigenvalue weighted by atomic mass is 10.2. The van der Waals surface area contributed by atoms with Gasteiger partial charge in [0.25, 0.3) is 0 Å². The Labute approximate surface area is 91.8 Å². The SMILES string of the molecule is CC(C)Oc1ccccc1N(C)CCN. The van der Waals surface area contributed by atoms with E-state index in [-0.39, 0.29) is 6.10 Å². The van der Waals surface area contributed by atoms with Crippen molar-refractivity contribution in [1.29, 1.82) is 0 Å². The number of hydrogen-bond acceptors (Lipinski definition) is 3. The Morgan fingerprint density at radius 2 is 2.00 bits per heavy atom. The molecule has 0 spiro atoms. The lowest BCUT2D eigenvalue weighted by Gasteiger charge is -2.22. The van der Waals surface area contributed by atoms with Crippen LogP contribution in [0.15, 0.2) is 24.3 Å². The molecule has 1 aromatic carbocycles. The summed E-state index contributed by atoms with van der Waals surface area (Å²) in [5.74, 6) is 0.920. The van der Waals surface area contributed by atoms with Crippen molar-refractivity contribution in [2.24, 2.45) is 5.73 Å². The van der Waals surface area contributed by atoms with Crippen LogP contribution in [0.2, 0.25) is 0 Å². The van der Waals surface area contributed by atoms with E-state index in [1.165, 1.54) is 0 Å². The minimum Gasteiger partial charge on any atom is -0.489 e. The van der Waals surface area contributed by atoms with Gasteiger partial charge in [-0.25, -0.2) is 0 Å². The number of ether oxygens (including phenoxy) is 1. The van der Waals surface area contributed by atoms with Gasteiger partial charge < -0.3 is 15.4 Å². The molecule has 3 nitrogen and oxygen atoms in total. The van der Waals surface area contributed by atoms with Crippen LogP contribution in [-0.4, -0.2) is 26.2 Å². The first kappa shape index (κ1) is 11.9. The molecule has 0 amide bonds. The first-order valence-electron chi connectivity index (χ1n) is 5.32. The lowest BCUT2D eigenvalue weighted by Crippen LogP contribution is -2.25. The summed E-state index contributed by atoms with van der Waals surface area (Å²) in [4.78, 5) is 2.11. The van der Waals surface area contributed by atoms with Crippen molar-refractivity contribution in [3.05, 3.63) is 24.3 Å². The minimum atomic E-state index is 0.192. The summed E-state index contributed by atoms with van der Waals surface area (Å²) in [5, 5.41) is 0. The monoisotopic (exact) mass is 208 g/mol. The standard InChI is InChI=1S/C12H20N2O/c1-10(2)15-12-7-5-4-6-11(12)14(3)9-8-13/h4-7,10H,8-9,13H2,1-3H3. The molecule has 2 N–H and O–H groups in total. The molecule has 1 rings (SSSR count). The molecule has 1 aromatic rings. The maximum absolute atomic E-state index is 5.73. The molecule has 84 valence electrons. The van der Waals surface area contributed by atoms with Crippen LogP contribution in [0.25, 0.3) is 0 Å². The van der Waals surface area contributed by atoms with Gasteiger partial charge in [0.15, 0.2) is 0 Å². The summed E-state index contributed by atoms with van der Waals surface area (Å²) in [6, 6.07) is 8.03. The van der Waals surface area contributed by atoms with Crippen molar-refractivity contribution in [3.63, 3.8) is 0 Å². The van der Waals surface area contributed by atoms with Crippen molar-refractivity contribution >= 4 is 5.69 Å². The van der Waals surface area contributed by atoms with Crippen LogP contribution in [0.1, 0.15) is 13.8 Å². The Morgan fingerprint density at radius 3 is 2.60 bits per heavy atom. The normalized spacial score (nSPS) is 10.5. The van der Waals surface area contributed by atoms with Crippen LogP contribution in [0.5, 0.6) is 5.75 Å². The zero-order valence-electron chi connectivity index (χ0n) is 9.73. The number of nitrogens with two attached hydrogens (primary N) is 1. The molecule has 0 aliphatic rings. The van der Waals surface area contributed by atoms with Crippen molar-refractivity contribution in [2.75, 3.05) is 25.0 Å². The van der Waals surface area contributed by atoms with Crippen molar-refractivity contribution in [2.45, 2.75) is 20.0 Å². The molecule has 0 aliphatic heterocycles. The van der Waals surface area contributed by atoms with E-state index in [1.807, 2.05) is 45.2 Å². The highest BCUT2D eigenvalue weighted by Gasteiger charge is 2.08. The summed E-state index contributed by atoms with van der Waals surface area (Å²) in [6.45, 7) is 5.53. The molecule has 0 saturated carbocycles. The second-order valence-corrected chi connectivity index (χ2v) is 3.84. The van der Waals surface area contributed by atoms with Crippen LogP contribution in [0.3, 0.4) is 0 Å². The summed E-state index contributed by atoms with van der Waals surface area (Å²) in [7, 11) is 2.02. The summed E-state index contributed by atoms with van der Waals surface area (Å²) in [5.41, 5.74) is 6.63. The third-order valence-electron chi connectivity index (χ3n) is 2.10. The van der Waals surface area contributed by atoms with Crippen LogP contribution in [0, 0.1) is 0 Å². The molecule has 0 unspecified atom stereocenters. The predicted octanol–water partition coefficient (Wildman–Crippen LogP) is 1.87. The Bertz CT molecular complexity index is 299. The average Bonchev–Trinajstić information content (AvgIpc) is 2.18. The second kappa shape index (κ2) is 5.61. The fourth-order valence-electron chi connectivity index (χ4n) is 1.44. The molecule has 0 aromatic heterocycles. The van der Waals surface area contributed by atoms with Gasteiger partial charge in [-0.3, -0.25) is 0 Å². The van der Waals surface area contributed by atoms with Gasteiger partial charge in [-0.2, -0.15) is 0 Å². The molecular weight excluding hydrogens is 188 g/mol. The fraction of sp³-hybridized carbons (Fsp3) is 0.500. The zero-order valence-corrected chi connectivity index (χ0v) is 9.73. The van der Waals surface area contributed by atoms with E-state index >= 15 is 0 Å². The Hall–Kier alpha value is -1.22. The molecule has 0 radical (unpaired) electrons. The van der Waals surface area contributed by atoms with E-state index in [9.17, 15) is 0 Å². The summed E-state index contributed by atoms with van der Waals surface area (Å²) >= 11 is 0. The van der Waals surface area contributed by atoms with Gasteiger partial charge in [-0.05, 0) is 26.0 Å². The highest BCUT2D eigenvalue weighted by Crippen LogP contribution is 2.27. The van der Waals surface area contributed by atoms with Gasteiger partial charge in [-0.1, -0.05) is 12.1 Å². The Morgan fingerprint density at radius 1 is 1.33 bits per heavy atom. The van der Waals surface area contributed by atoms with E-state index < -0.39 is 0 Å². The number of nitrogens with zero attached hydrogens (tertiary/aromatic N) is 1. The first-order valence-corrected chi connectivity index (χ1v) is 5.32. The lowest BCUT2D eigenvalue weighted by molar-refractivity contribution is 0.243. The molecule has 0 aliphatic carbocycles. The van der Waals surface area contributed by atoms with Gasteiger partial charge in [0, 0.05) is 20.1 Å². The number of likely N-dealkylation sites (N-methyl/N-ethyl adjacent to an activating group) is 1. The van der Waals surface area contributed by atoms with Gasteiger partial charge in [0.2, 0.25) is 0 Å². The highest BCUT2D eigenvalue weighted by molar-refractivity contribution is 5.57. The third kappa shape index (κ3) is 3.44. The Kier molecular flexibility index (Phi) is 4.43. The van der Waals surface area contributed by atoms with Crippen molar-refractivity contribution in [3.8, 4) is 5.75 Å². The average molecular weight is 208 g/mol. The summed E-state index contributed by atoms with van der Waals surface area (Å²) < 4.78 is 5.73. The molecule has 15 heavy (non-hydrogen) atoms. The van der Waals surface area contributed by atoms with Gasteiger partial charge in [-0.15, -0.1) is 0 Å². The van der Waals surface area contributed by atoms with E-state index in [1.54, 1.807) is 0 Å². The van der Waals surface area contributed by atoms with Crippen molar-refractivity contribution < 1.29 is 4.74 Å². The quantitative estimate of drug-likeness (QED) is 0.802. The van der Waals surface area contributed by atoms with E-state index in [2.05, 4.69) is 4.90 Å². The zero-order chi connectivity index (χ0) is 11.3. The minimum absolute atomic E-state index is 0.192. The maximum Gasteiger partial charge on any atom is 0.142 e. The molecule has 0 heterocycles. The number of para-hydroxylation sites is 2. The number of rotatable bonds is 5. The van der Waals surface area contributed by atoms with Crippen molar-refractivity contribution in [1.82, 2.24) is 0 Å². The molecule has 3 heteroatoms. The Balaban J connectivity index is 2.85. The van der Waals surface area contributed by atoms with Crippen LogP contribution in [-0.2, 0) is 0 Å². The van der Waals surface area contributed by atoms with E-state index in [0.717, 1.165) is 18.0 Å². The van der Waals surface area contributed by atoms with Crippen LogP contribution >= 0.6 is 0 Å². The van der Waals surface area contributed by atoms with Gasteiger partial charge in [0.05, 0.1) is 11.8 Å². The maximum atomic E-state index is 5.73. The number of hydrogen-bond donors (Lipinski definition) is 1. The number of benzene rings is 1. The summed E-state index contributed by atoms with van der Waals surface area (Å²) in [6.07, 6.45) is 0.192. The molecule has 0 saturated heterocycles. The molecular formula is C12H20N2O. The molecule has 0 atom stereocenters. The van der Waals surface area contributed by atoms with Crippen LogP contribution < -0.4 is 15.4 Å². The van der Waals surface area contributed by atoms with E-state index in [0.29, 0.717) is 6.54 Å².